The quantitative estimate of drug-likeness (QED) is 0.173. The molecule has 0 fully saturated rings. The maximum atomic E-state index is 13.2. The standard InChI is InChI=1S/C27H29N5O.C4H8.C3H5F.C3H4/c1-17-10-11-21(26(33)30-27(4,5)24-9-7-8-13-29-24)15-22(17)20-12-14-32-23(16-20)25(18(2)28-6)19(3)31-32;1-4(2)3;1-3(2)4;1-3-2/h7-16,28H,2H2,1,3-6H3,(H,30,33);1H2,2-3H3;1H2,2H3;1H,2H3. The van der Waals surface area contributed by atoms with E-state index in [0.29, 0.717) is 5.56 Å². The summed E-state index contributed by atoms with van der Waals surface area (Å²) in [6.07, 6.45) is 8.28. The zero-order valence-electron chi connectivity index (χ0n) is 27.6. The van der Waals surface area contributed by atoms with Crippen molar-refractivity contribution in [3.63, 3.8) is 0 Å². The topological polar surface area (TPSA) is 71.3 Å². The number of halogens is 1. The molecule has 7 heteroatoms. The highest BCUT2D eigenvalue weighted by molar-refractivity contribution is 5.96. The summed E-state index contributed by atoms with van der Waals surface area (Å²) >= 11 is 0. The molecule has 232 valence electrons. The summed E-state index contributed by atoms with van der Waals surface area (Å²) < 4.78 is 12.7. The predicted molar refractivity (Wildman–Crippen MR) is 184 cm³/mol. The number of aryl methyl sites for hydroxylation is 2. The number of terminal acetylenes is 1. The summed E-state index contributed by atoms with van der Waals surface area (Å²) in [6, 6.07) is 15.6. The van der Waals surface area contributed by atoms with Crippen molar-refractivity contribution in [1.29, 1.82) is 0 Å². The first-order valence-electron chi connectivity index (χ1n) is 14.1. The molecule has 0 saturated heterocycles. The number of pyridine rings is 2. The van der Waals surface area contributed by atoms with Gasteiger partial charge in [0.15, 0.2) is 0 Å². The van der Waals surface area contributed by atoms with E-state index in [1.807, 2.05) is 102 Å². The van der Waals surface area contributed by atoms with E-state index in [9.17, 15) is 9.18 Å². The van der Waals surface area contributed by atoms with Crippen molar-refractivity contribution in [1.82, 2.24) is 25.2 Å². The number of aromatic nitrogens is 3. The smallest absolute Gasteiger partial charge is 0.252 e. The van der Waals surface area contributed by atoms with Crippen LogP contribution in [-0.4, -0.2) is 27.6 Å². The number of amides is 1. The highest BCUT2D eigenvalue weighted by Gasteiger charge is 2.25. The van der Waals surface area contributed by atoms with Crippen molar-refractivity contribution < 1.29 is 9.18 Å². The predicted octanol–water partition coefficient (Wildman–Crippen LogP) is 8.58. The summed E-state index contributed by atoms with van der Waals surface area (Å²) in [7, 11) is 1.85. The SMILES string of the molecule is C#CC.C=C(C)C.C=C(C)F.C=C(NC)c1c(C)nn2ccc(-c3cc(C(=O)NC(C)(C)c4ccccn4)ccc3C)cc12. The molecule has 1 amide bonds. The molecule has 3 heterocycles. The Morgan fingerprint density at radius 3 is 2.16 bits per heavy atom. The maximum Gasteiger partial charge on any atom is 0.252 e. The van der Waals surface area contributed by atoms with Gasteiger partial charge in [-0.25, -0.2) is 8.91 Å². The summed E-state index contributed by atoms with van der Waals surface area (Å²) in [5, 5.41) is 10.8. The second kappa shape index (κ2) is 17.2. The lowest BCUT2D eigenvalue weighted by molar-refractivity contribution is 0.0910. The molecular formula is C37H46FN5O. The lowest BCUT2D eigenvalue weighted by atomic mass is 9.96. The molecule has 1 aromatic carbocycles. The van der Waals surface area contributed by atoms with Gasteiger partial charge in [-0.15, -0.1) is 18.9 Å². The van der Waals surface area contributed by atoms with Crippen LogP contribution in [-0.2, 0) is 5.54 Å². The van der Waals surface area contributed by atoms with Crippen LogP contribution >= 0.6 is 0 Å². The van der Waals surface area contributed by atoms with Gasteiger partial charge in [-0.1, -0.05) is 30.9 Å². The third-order valence-electron chi connectivity index (χ3n) is 5.96. The minimum Gasteiger partial charge on any atom is -0.388 e. The fourth-order valence-corrected chi connectivity index (χ4v) is 4.06. The molecule has 2 N–H and O–H groups in total. The first kappa shape index (κ1) is 37.1. The molecule has 0 radical (unpaired) electrons. The molecule has 0 unspecified atom stereocenters. The van der Waals surface area contributed by atoms with Crippen LogP contribution in [0.5, 0.6) is 0 Å². The van der Waals surface area contributed by atoms with E-state index < -0.39 is 5.54 Å². The van der Waals surface area contributed by atoms with Crippen molar-refractivity contribution in [2.45, 2.75) is 60.9 Å². The van der Waals surface area contributed by atoms with Crippen molar-refractivity contribution >= 4 is 17.1 Å². The molecule has 0 aliphatic heterocycles. The minimum atomic E-state index is -0.597. The average Bonchev–Trinajstić information content (AvgIpc) is 3.27. The molecule has 0 aliphatic rings. The van der Waals surface area contributed by atoms with Crippen molar-refractivity contribution in [3.8, 4) is 23.5 Å². The summed E-state index contributed by atoms with van der Waals surface area (Å²) in [4.78, 5) is 17.6. The molecule has 0 atom stereocenters. The van der Waals surface area contributed by atoms with Gasteiger partial charge < -0.3 is 10.6 Å². The number of nitrogens with one attached hydrogen (secondary N) is 2. The van der Waals surface area contributed by atoms with Gasteiger partial charge in [0, 0.05) is 36.3 Å². The molecular weight excluding hydrogens is 549 g/mol. The van der Waals surface area contributed by atoms with E-state index in [1.165, 1.54) is 12.5 Å². The number of hydrogen-bond acceptors (Lipinski definition) is 4. The highest BCUT2D eigenvalue weighted by atomic mass is 19.1. The number of allylic oxidation sites excluding steroid dienone is 2. The number of benzene rings is 1. The molecule has 6 nitrogen and oxygen atoms in total. The number of rotatable bonds is 6. The van der Waals surface area contributed by atoms with Crippen LogP contribution < -0.4 is 10.6 Å². The molecule has 4 rings (SSSR count). The highest BCUT2D eigenvalue weighted by Crippen LogP contribution is 2.29. The van der Waals surface area contributed by atoms with Crippen LogP contribution in [0.1, 0.15) is 74.4 Å². The van der Waals surface area contributed by atoms with Crippen LogP contribution in [0.25, 0.3) is 22.3 Å². The number of hydrogen-bond donors (Lipinski definition) is 2. The first-order valence-corrected chi connectivity index (χ1v) is 14.1. The zero-order chi connectivity index (χ0) is 33.6. The number of carbonyl (C=O) groups is 1. The van der Waals surface area contributed by atoms with Crippen LogP contribution in [0.4, 0.5) is 4.39 Å². The van der Waals surface area contributed by atoms with E-state index >= 15 is 0 Å². The average molecular weight is 596 g/mol. The summed E-state index contributed by atoms with van der Waals surface area (Å²) in [5.74, 6) is 1.78. The van der Waals surface area contributed by atoms with Gasteiger partial charge in [0.1, 0.15) is 0 Å². The Morgan fingerprint density at radius 1 is 1.05 bits per heavy atom. The monoisotopic (exact) mass is 595 g/mol. The van der Waals surface area contributed by atoms with E-state index in [1.54, 1.807) is 13.1 Å². The molecule has 4 aromatic rings. The maximum absolute atomic E-state index is 13.2. The third-order valence-corrected chi connectivity index (χ3v) is 5.96. The van der Waals surface area contributed by atoms with Gasteiger partial charge >= 0.3 is 0 Å². The lowest BCUT2D eigenvalue weighted by Crippen LogP contribution is -2.41. The summed E-state index contributed by atoms with van der Waals surface area (Å²) in [5.41, 5.74) is 8.77. The molecule has 44 heavy (non-hydrogen) atoms. The molecule has 0 saturated carbocycles. The Morgan fingerprint density at radius 2 is 1.64 bits per heavy atom. The zero-order valence-corrected chi connectivity index (χ0v) is 27.6. The Balaban J connectivity index is 0.000000764. The molecule has 0 aliphatic carbocycles. The van der Waals surface area contributed by atoms with E-state index in [4.69, 9.17) is 0 Å². The fourth-order valence-electron chi connectivity index (χ4n) is 4.06. The minimum absolute atomic E-state index is 0.141. The second-order valence-electron chi connectivity index (χ2n) is 10.9. The number of fused-ring (bicyclic) bond motifs is 1. The lowest BCUT2D eigenvalue weighted by Gasteiger charge is -2.26. The normalized spacial score (nSPS) is 9.93. The molecule has 0 bridgehead atoms. The second-order valence-corrected chi connectivity index (χ2v) is 10.9. The van der Waals surface area contributed by atoms with E-state index in [2.05, 4.69) is 58.9 Å². The third kappa shape index (κ3) is 11.0. The summed E-state index contributed by atoms with van der Waals surface area (Å²) in [6.45, 7) is 25.4. The Hall–Kier alpha value is -4.96. The van der Waals surface area contributed by atoms with Crippen molar-refractivity contribution in [2.75, 3.05) is 7.05 Å². The Kier molecular flexibility index (Phi) is 14.5. The van der Waals surface area contributed by atoms with E-state index in [-0.39, 0.29) is 11.7 Å². The van der Waals surface area contributed by atoms with Gasteiger partial charge in [0.25, 0.3) is 5.91 Å². The molecule has 3 aromatic heterocycles. The fraction of sp³-hybridized carbons (Fsp3) is 0.270. The van der Waals surface area contributed by atoms with E-state index in [0.717, 1.165) is 44.9 Å². The Labute approximate surface area is 262 Å². The van der Waals surface area contributed by atoms with Gasteiger partial charge in [0.2, 0.25) is 0 Å². The van der Waals surface area contributed by atoms with Crippen molar-refractivity contribution in [3.05, 3.63) is 120 Å². The largest absolute Gasteiger partial charge is 0.388 e. The Bertz CT molecular complexity index is 1620. The first-order chi connectivity index (χ1) is 20.6. The van der Waals surface area contributed by atoms with Gasteiger partial charge in [-0.2, -0.15) is 5.10 Å². The number of nitrogens with zero attached hydrogens (tertiary/aromatic N) is 3. The van der Waals surface area contributed by atoms with Gasteiger partial charge in [-0.3, -0.25) is 9.78 Å². The van der Waals surface area contributed by atoms with Gasteiger partial charge in [-0.05, 0) is 108 Å². The van der Waals surface area contributed by atoms with Crippen LogP contribution in [0.2, 0.25) is 0 Å². The van der Waals surface area contributed by atoms with Crippen LogP contribution in [0.3, 0.4) is 0 Å². The number of carbonyl (C=O) groups excluding carboxylic acids is 1. The van der Waals surface area contributed by atoms with Gasteiger partial charge in [0.05, 0.1) is 28.3 Å². The van der Waals surface area contributed by atoms with Crippen LogP contribution in [0, 0.1) is 26.2 Å². The van der Waals surface area contributed by atoms with Crippen molar-refractivity contribution in [2.24, 2.45) is 0 Å². The van der Waals surface area contributed by atoms with Crippen LogP contribution in [0.15, 0.2) is 92.1 Å². The molecule has 0 spiro atoms.